The number of imidazole rings is 1. The van der Waals surface area contributed by atoms with E-state index in [1.165, 1.54) is 5.56 Å². The third-order valence-electron chi connectivity index (χ3n) is 3.66. The Balaban J connectivity index is 1.76. The fourth-order valence-corrected chi connectivity index (χ4v) is 2.54. The summed E-state index contributed by atoms with van der Waals surface area (Å²) in [5.74, 6) is 0.882. The Morgan fingerprint density at radius 1 is 0.952 bits per heavy atom. The van der Waals surface area contributed by atoms with Gasteiger partial charge in [-0.2, -0.15) is 0 Å². The SMILES string of the molecule is Cc1cccn2cc(-c3ccc(-c4ccco4)cc3)nc12. The molecule has 0 aliphatic carbocycles. The summed E-state index contributed by atoms with van der Waals surface area (Å²) in [6, 6.07) is 16.2. The van der Waals surface area contributed by atoms with E-state index in [0.717, 1.165) is 28.2 Å². The number of nitrogens with zero attached hydrogens (tertiary/aromatic N) is 2. The van der Waals surface area contributed by atoms with Crippen LogP contribution in [-0.4, -0.2) is 9.38 Å². The highest BCUT2D eigenvalue weighted by Crippen LogP contribution is 2.25. The molecule has 0 atom stereocenters. The quantitative estimate of drug-likeness (QED) is 0.536. The first-order valence-corrected chi connectivity index (χ1v) is 6.90. The molecule has 0 saturated carbocycles. The van der Waals surface area contributed by atoms with Gasteiger partial charge < -0.3 is 8.82 Å². The molecular weight excluding hydrogens is 260 g/mol. The average Bonchev–Trinajstić information content (AvgIpc) is 3.18. The molecule has 0 bridgehead atoms. The van der Waals surface area contributed by atoms with E-state index in [9.17, 15) is 0 Å². The smallest absolute Gasteiger partial charge is 0.140 e. The lowest BCUT2D eigenvalue weighted by molar-refractivity contribution is 0.582. The van der Waals surface area contributed by atoms with Gasteiger partial charge in [0.05, 0.1) is 12.0 Å². The van der Waals surface area contributed by atoms with Gasteiger partial charge in [-0.05, 0) is 30.7 Å². The number of aromatic nitrogens is 2. The summed E-state index contributed by atoms with van der Waals surface area (Å²) in [4.78, 5) is 4.71. The summed E-state index contributed by atoms with van der Waals surface area (Å²) in [6.45, 7) is 2.08. The van der Waals surface area contributed by atoms with E-state index >= 15 is 0 Å². The van der Waals surface area contributed by atoms with Crippen LogP contribution < -0.4 is 0 Å². The number of rotatable bonds is 2. The molecule has 1 aromatic carbocycles. The van der Waals surface area contributed by atoms with Crippen molar-refractivity contribution >= 4 is 5.65 Å². The molecule has 0 aliphatic rings. The second kappa shape index (κ2) is 4.63. The van der Waals surface area contributed by atoms with Gasteiger partial charge >= 0.3 is 0 Å². The molecule has 3 nitrogen and oxygen atoms in total. The number of aryl methyl sites for hydroxylation is 1. The van der Waals surface area contributed by atoms with Crippen molar-refractivity contribution in [2.75, 3.05) is 0 Å². The molecule has 0 N–H and O–H groups in total. The van der Waals surface area contributed by atoms with Crippen molar-refractivity contribution in [3.63, 3.8) is 0 Å². The van der Waals surface area contributed by atoms with Gasteiger partial charge in [0.15, 0.2) is 0 Å². The van der Waals surface area contributed by atoms with Crippen molar-refractivity contribution in [1.29, 1.82) is 0 Å². The summed E-state index contributed by atoms with van der Waals surface area (Å²) in [5, 5.41) is 0. The van der Waals surface area contributed by atoms with Crippen LogP contribution in [0.3, 0.4) is 0 Å². The van der Waals surface area contributed by atoms with Crippen molar-refractivity contribution in [3.8, 4) is 22.6 Å². The molecule has 3 heterocycles. The maximum atomic E-state index is 5.41. The molecule has 0 aliphatic heterocycles. The molecule has 3 aromatic heterocycles. The summed E-state index contributed by atoms with van der Waals surface area (Å²) < 4.78 is 7.47. The Hall–Kier alpha value is -2.81. The Bertz CT molecular complexity index is 887. The lowest BCUT2D eigenvalue weighted by Gasteiger charge is -1.99. The Morgan fingerprint density at radius 2 is 1.76 bits per heavy atom. The zero-order chi connectivity index (χ0) is 14.2. The van der Waals surface area contributed by atoms with Gasteiger partial charge in [-0.25, -0.2) is 4.98 Å². The Morgan fingerprint density at radius 3 is 2.48 bits per heavy atom. The minimum atomic E-state index is 0.882. The van der Waals surface area contributed by atoms with Crippen molar-refractivity contribution in [2.45, 2.75) is 6.92 Å². The topological polar surface area (TPSA) is 30.4 Å². The summed E-state index contributed by atoms with van der Waals surface area (Å²) in [6.07, 6.45) is 5.77. The van der Waals surface area contributed by atoms with Crippen LogP contribution in [0, 0.1) is 6.92 Å². The molecule has 0 unspecified atom stereocenters. The van der Waals surface area contributed by atoms with Crippen LogP contribution in [0.1, 0.15) is 5.56 Å². The maximum Gasteiger partial charge on any atom is 0.140 e. The minimum Gasteiger partial charge on any atom is -0.464 e. The predicted octanol–water partition coefficient (Wildman–Crippen LogP) is 4.57. The van der Waals surface area contributed by atoms with Gasteiger partial charge in [0, 0.05) is 23.5 Å². The van der Waals surface area contributed by atoms with Crippen LogP contribution >= 0.6 is 0 Å². The summed E-state index contributed by atoms with van der Waals surface area (Å²) >= 11 is 0. The van der Waals surface area contributed by atoms with Crippen molar-refractivity contribution in [1.82, 2.24) is 9.38 Å². The van der Waals surface area contributed by atoms with Gasteiger partial charge in [0.25, 0.3) is 0 Å². The van der Waals surface area contributed by atoms with Gasteiger partial charge in [-0.15, -0.1) is 0 Å². The van der Waals surface area contributed by atoms with Gasteiger partial charge in [0.2, 0.25) is 0 Å². The second-order valence-corrected chi connectivity index (χ2v) is 5.10. The minimum absolute atomic E-state index is 0.882. The molecule has 0 fully saturated rings. The van der Waals surface area contributed by atoms with E-state index in [0.29, 0.717) is 0 Å². The van der Waals surface area contributed by atoms with E-state index in [1.807, 2.05) is 24.4 Å². The standard InChI is InChI=1S/C18H14N2O/c1-13-4-2-10-20-12-16(19-18(13)20)14-6-8-15(9-7-14)17-5-3-11-21-17/h2-12H,1H3. The highest BCUT2D eigenvalue weighted by atomic mass is 16.3. The predicted molar refractivity (Wildman–Crippen MR) is 83.1 cm³/mol. The van der Waals surface area contributed by atoms with Crippen molar-refractivity contribution in [3.05, 3.63) is 72.8 Å². The zero-order valence-electron chi connectivity index (χ0n) is 11.7. The number of pyridine rings is 1. The van der Waals surface area contributed by atoms with E-state index in [-0.39, 0.29) is 0 Å². The Labute approximate surface area is 122 Å². The molecule has 0 radical (unpaired) electrons. The van der Waals surface area contributed by atoms with Crippen LogP contribution in [-0.2, 0) is 0 Å². The highest BCUT2D eigenvalue weighted by Gasteiger charge is 2.07. The van der Waals surface area contributed by atoms with E-state index in [4.69, 9.17) is 9.40 Å². The molecule has 21 heavy (non-hydrogen) atoms. The number of furan rings is 1. The first-order valence-electron chi connectivity index (χ1n) is 6.90. The second-order valence-electron chi connectivity index (χ2n) is 5.10. The molecular formula is C18H14N2O. The lowest BCUT2D eigenvalue weighted by atomic mass is 10.1. The summed E-state index contributed by atoms with van der Waals surface area (Å²) in [7, 11) is 0. The fourth-order valence-electron chi connectivity index (χ4n) is 2.54. The van der Waals surface area contributed by atoms with Crippen molar-refractivity contribution < 1.29 is 4.42 Å². The van der Waals surface area contributed by atoms with Gasteiger partial charge in [-0.1, -0.05) is 30.3 Å². The molecule has 4 rings (SSSR count). The average molecular weight is 274 g/mol. The normalized spacial score (nSPS) is 11.1. The molecule has 4 aromatic rings. The van der Waals surface area contributed by atoms with Crippen LogP contribution in [0.2, 0.25) is 0 Å². The van der Waals surface area contributed by atoms with Gasteiger partial charge in [0.1, 0.15) is 11.4 Å². The fraction of sp³-hybridized carbons (Fsp3) is 0.0556. The van der Waals surface area contributed by atoms with Crippen LogP contribution in [0.25, 0.3) is 28.2 Å². The van der Waals surface area contributed by atoms with Crippen LogP contribution in [0.5, 0.6) is 0 Å². The van der Waals surface area contributed by atoms with Crippen LogP contribution in [0.4, 0.5) is 0 Å². The van der Waals surface area contributed by atoms with E-state index < -0.39 is 0 Å². The van der Waals surface area contributed by atoms with Crippen LogP contribution in [0.15, 0.2) is 71.6 Å². The number of benzene rings is 1. The van der Waals surface area contributed by atoms with E-state index in [1.54, 1.807) is 6.26 Å². The van der Waals surface area contributed by atoms with Gasteiger partial charge in [-0.3, -0.25) is 0 Å². The summed E-state index contributed by atoms with van der Waals surface area (Å²) in [5.41, 5.74) is 5.34. The van der Waals surface area contributed by atoms with Crippen molar-refractivity contribution in [2.24, 2.45) is 0 Å². The zero-order valence-corrected chi connectivity index (χ0v) is 11.7. The third-order valence-corrected chi connectivity index (χ3v) is 3.66. The molecule has 102 valence electrons. The monoisotopic (exact) mass is 274 g/mol. The first kappa shape index (κ1) is 12.0. The highest BCUT2D eigenvalue weighted by molar-refractivity contribution is 5.68. The molecule has 3 heteroatoms. The first-order chi connectivity index (χ1) is 10.3. The number of hydrogen-bond acceptors (Lipinski definition) is 2. The Kier molecular flexibility index (Phi) is 2.64. The number of hydrogen-bond donors (Lipinski definition) is 0. The molecule has 0 amide bonds. The molecule has 0 spiro atoms. The lowest BCUT2D eigenvalue weighted by Crippen LogP contribution is -1.83. The van der Waals surface area contributed by atoms with E-state index in [2.05, 4.69) is 47.9 Å². The third kappa shape index (κ3) is 2.03. The largest absolute Gasteiger partial charge is 0.464 e. The maximum absolute atomic E-state index is 5.41. The molecule has 0 saturated heterocycles. The number of fused-ring (bicyclic) bond motifs is 1.